The summed E-state index contributed by atoms with van der Waals surface area (Å²) in [4.78, 5) is 13.0. The topological polar surface area (TPSA) is 97.3 Å². The molecular weight excluding hydrogens is 669 g/mol. The first-order valence-corrected chi connectivity index (χ1v) is 17.2. The Hall–Kier alpha value is -4.83. The van der Waals surface area contributed by atoms with Crippen LogP contribution in [0.3, 0.4) is 0 Å². The van der Waals surface area contributed by atoms with E-state index in [4.69, 9.17) is 32.7 Å². The molecule has 0 saturated carbocycles. The van der Waals surface area contributed by atoms with Gasteiger partial charge in [-0.3, -0.25) is 9.10 Å². The van der Waals surface area contributed by atoms with Gasteiger partial charge in [0.1, 0.15) is 6.61 Å². The Morgan fingerprint density at radius 2 is 1.50 bits per heavy atom. The summed E-state index contributed by atoms with van der Waals surface area (Å²) in [7, 11) is -3.93. The smallest absolute Gasteiger partial charge is 0.271 e. The fourth-order valence-electron chi connectivity index (χ4n) is 4.76. The SMILES string of the molecule is CCOc1cc(/C=N\NC(=O)c2ccc(CN(c3cc(Cl)ccc3C)S(=O)(=O)c3ccccc3)cc2)ccc1OCc1ccc(Cl)cc1. The predicted molar refractivity (Wildman–Crippen MR) is 191 cm³/mol. The van der Waals surface area contributed by atoms with Gasteiger partial charge in [0, 0.05) is 15.6 Å². The molecule has 0 atom stereocenters. The zero-order valence-electron chi connectivity index (χ0n) is 26.3. The number of nitrogens with one attached hydrogen (secondary N) is 1. The molecule has 0 spiro atoms. The molecule has 5 rings (SSSR count). The Labute approximate surface area is 290 Å². The van der Waals surface area contributed by atoms with E-state index in [2.05, 4.69) is 10.5 Å². The van der Waals surface area contributed by atoms with Crippen LogP contribution < -0.4 is 19.2 Å². The lowest BCUT2D eigenvalue weighted by atomic mass is 10.1. The zero-order chi connectivity index (χ0) is 34.1. The molecule has 0 aliphatic carbocycles. The van der Waals surface area contributed by atoms with Crippen molar-refractivity contribution >= 4 is 51.0 Å². The minimum atomic E-state index is -3.93. The fraction of sp³-hybridized carbons (Fsp3) is 0.135. The number of sulfonamides is 1. The molecule has 0 aliphatic heterocycles. The summed E-state index contributed by atoms with van der Waals surface area (Å²) in [6.45, 7) is 4.53. The number of carbonyl (C=O) groups is 1. The number of nitrogens with zero attached hydrogens (tertiary/aromatic N) is 2. The molecule has 246 valence electrons. The van der Waals surface area contributed by atoms with Crippen molar-refractivity contribution in [2.24, 2.45) is 5.10 Å². The van der Waals surface area contributed by atoms with Crippen molar-refractivity contribution < 1.29 is 22.7 Å². The summed E-state index contributed by atoms with van der Waals surface area (Å²) in [5.74, 6) is 0.701. The standard InChI is InChI=1S/C37H33Cl2N3O5S/c1-3-46-36-21-29(14-20-35(36)47-25-28-12-18-31(38)19-13-28)23-40-41-37(43)30-15-10-27(11-16-30)24-42(34-22-32(39)17-9-26(34)2)48(44,45)33-7-5-4-6-8-33/h4-23H,3,24-25H2,1-2H3,(H,41,43)/b40-23-. The van der Waals surface area contributed by atoms with Crippen LogP contribution in [0.4, 0.5) is 5.69 Å². The van der Waals surface area contributed by atoms with Gasteiger partial charge in [0.15, 0.2) is 11.5 Å². The minimum absolute atomic E-state index is 0.0278. The fourth-order valence-corrected chi connectivity index (χ4v) is 6.58. The minimum Gasteiger partial charge on any atom is -0.490 e. The van der Waals surface area contributed by atoms with Crippen LogP contribution in [0.25, 0.3) is 0 Å². The van der Waals surface area contributed by atoms with Crippen molar-refractivity contribution in [1.82, 2.24) is 5.43 Å². The molecule has 0 bridgehead atoms. The molecule has 0 fully saturated rings. The van der Waals surface area contributed by atoms with Crippen molar-refractivity contribution in [3.05, 3.63) is 153 Å². The highest BCUT2D eigenvalue weighted by Crippen LogP contribution is 2.32. The van der Waals surface area contributed by atoms with Gasteiger partial charge in [0.25, 0.3) is 15.9 Å². The van der Waals surface area contributed by atoms with Crippen LogP contribution in [0.2, 0.25) is 10.0 Å². The second kappa shape index (κ2) is 15.8. The molecule has 11 heteroatoms. The van der Waals surface area contributed by atoms with Gasteiger partial charge in [0.2, 0.25) is 0 Å². The van der Waals surface area contributed by atoms with Gasteiger partial charge in [0.05, 0.1) is 29.9 Å². The van der Waals surface area contributed by atoms with Gasteiger partial charge in [-0.15, -0.1) is 0 Å². The maximum absolute atomic E-state index is 13.8. The van der Waals surface area contributed by atoms with Crippen LogP contribution in [0, 0.1) is 6.92 Å². The zero-order valence-corrected chi connectivity index (χ0v) is 28.6. The normalized spacial score (nSPS) is 11.3. The van der Waals surface area contributed by atoms with E-state index in [9.17, 15) is 13.2 Å². The van der Waals surface area contributed by atoms with Crippen LogP contribution >= 0.6 is 23.2 Å². The molecular formula is C37H33Cl2N3O5S. The first kappa shape index (κ1) is 34.5. The monoisotopic (exact) mass is 701 g/mol. The van der Waals surface area contributed by atoms with Crippen LogP contribution in [0.1, 0.15) is 39.5 Å². The Kier molecular flexibility index (Phi) is 11.4. The van der Waals surface area contributed by atoms with Gasteiger partial charge >= 0.3 is 0 Å². The van der Waals surface area contributed by atoms with Crippen molar-refractivity contribution in [3.63, 3.8) is 0 Å². The maximum atomic E-state index is 13.8. The Bertz CT molecular complexity index is 2000. The average molecular weight is 703 g/mol. The van der Waals surface area contributed by atoms with E-state index in [-0.39, 0.29) is 11.4 Å². The summed E-state index contributed by atoms with van der Waals surface area (Å²) in [6, 6.07) is 32.8. The number of carbonyl (C=O) groups excluding carboxylic acids is 1. The molecule has 8 nitrogen and oxygen atoms in total. The first-order valence-electron chi connectivity index (χ1n) is 15.0. The summed E-state index contributed by atoms with van der Waals surface area (Å²) < 4.78 is 40.6. The van der Waals surface area contributed by atoms with Gasteiger partial charge in [-0.25, -0.2) is 13.8 Å². The number of hydrazone groups is 1. The van der Waals surface area contributed by atoms with E-state index in [1.807, 2.05) is 38.1 Å². The lowest BCUT2D eigenvalue weighted by Crippen LogP contribution is -2.31. The van der Waals surface area contributed by atoms with E-state index in [1.165, 1.54) is 10.5 Å². The molecule has 1 amide bonds. The number of halogens is 2. The van der Waals surface area contributed by atoms with E-state index >= 15 is 0 Å². The molecule has 1 N–H and O–H groups in total. The molecule has 0 saturated heterocycles. The number of anilines is 1. The van der Waals surface area contributed by atoms with Crippen LogP contribution in [0.5, 0.6) is 11.5 Å². The van der Waals surface area contributed by atoms with Crippen molar-refractivity contribution in [2.75, 3.05) is 10.9 Å². The van der Waals surface area contributed by atoms with Crippen molar-refractivity contribution in [2.45, 2.75) is 31.9 Å². The second-order valence-corrected chi connectivity index (χ2v) is 13.4. The van der Waals surface area contributed by atoms with E-state index in [0.29, 0.717) is 57.1 Å². The summed E-state index contributed by atoms with van der Waals surface area (Å²) >= 11 is 12.2. The van der Waals surface area contributed by atoms with E-state index in [0.717, 1.165) is 11.1 Å². The second-order valence-electron chi connectivity index (χ2n) is 10.7. The third kappa shape index (κ3) is 8.74. The predicted octanol–water partition coefficient (Wildman–Crippen LogP) is 8.44. The van der Waals surface area contributed by atoms with E-state index in [1.54, 1.807) is 91.0 Å². The number of benzene rings is 5. The first-order chi connectivity index (χ1) is 23.1. The molecule has 0 radical (unpaired) electrons. The molecule has 0 aromatic heterocycles. The largest absolute Gasteiger partial charge is 0.490 e. The number of aryl methyl sites for hydroxylation is 1. The quantitative estimate of drug-likeness (QED) is 0.0982. The lowest BCUT2D eigenvalue weighted by molar-refractivity contribution is 0.0955. The molecule has 0 aliphatic rings. The highest BCUT2D eigenvalue weighted by atomic mass is 35.5. The summed E-state index contributed by atoms with van der Waals surface area (Å²) in [5.41, 5.74) is 6.45. The number of hydrogen-bond acceptors (Lipinski definition) is 6. The van der Waals surface area contributed by atoms with E-state index < -0.39 is 15.9 Å². The third-order valence-electron chi connectivity index (χ3n) is 7.27. The molecule has 5 aromatic carbocycles. The van der Waals surface area contributed by atoms with Gasteiger partial charge in [-0.2, -0.15) is 5.10 Å². The van der Waals surface area contributed by atoms with Gasteiger partial charge in [-0.1, -0.05) is 71.7 Å². The summed E-state index contributed by atoms with van der Waals surface area (Å²) in [6.07, 6.45) is 1.51. The highest BCUT2D eigenvalue weighted by molar-refractivity contribution is 7.92. The van der Waals surface area contributed by atoms with Crippen molar-refractivity contribution in [1.29, 1.82) is 0 Å². The Morgan fingerprint density at radius 3 is 2.21 bits per heavy atom. The number of amides is 1. The molecule has 0 unspecified atom stereocenters. The lowest BCUT2D eigenvalue weighted by Gasteiger charge is -2.26. The molecule has 48 heavy (non-hydrogen) atoms. The molecule has 5 aromatic rings. The Morgan fingerprint density at radius 1 is 0.812 bits per heavy atom. The van der Waals surface area contributed by atoms with Gasteiger partial charge in [-0.05, 0) is 103 Å². The van der Waals surface area contributed by atoms with Crippen LogP contribution in [-0.2, 0) is 23.2 Å². The van der Waals surface area contributed by atoms with Crippen molar-refractivity contribution in [3.8, 4) is 11.5 Å². The van der Waals surface area contributed by atoms with Crippen LogP contribution in [-0.4, -0.2) is 27.1 Å². The number of hydrogen-bond donors (Lipinski definition) is 1. The van der Waals surface area contributed by atoms with Gasteiger partial charge < -0.3 is 9.47 Å². The Balaban J connectivity index is 1.26. The summed E-state index contributed by atoms with van der Waals surface area (Å²) in [5, 5.41) is 5.19. The molecule has 0 heterocycles. The highest BCUT2D eigenvalue weighted by Gasteiger charge is 2.26. The van der Waals surface area contributed by atoms with Crippen LogP contribution in [0.15, 0.2) is 125 Å². The number of ether oxygens (including phenoxy) is 2. The maximum Gasteiger partial charge on any atom is 0.271 e. The third-order valence-corrected chi connectivity index (χ3v) is 9.53. The number of rotatable bonds is 13. The average Bonchev–Trinajstić information content (AvgIpc) is 3.09.